The van der Waals surface area contributed by atoms with Crippen molar-refractivity contribution in [2.45, 2.75) is 38.5 Å². The number of aromatic nitrogens is 1. The number of fused-ring (bicyclic) bond motifs is 9. The molecule has 0 aliphatic heterocycles. The molecule has 11 aromatic rings. The van der Waals surface area contributed by atoms with Crippen molar-refractivity contribution in [2.24, 2.45) is 0 Å². The van der Waals surface area contributed by atoms with E-state index in [1.807, 2.05) is 0 Å². The molecular weight excluding hydrogens is 821 g/mol. The van der Waals surface area contributed by atoms with Crippen molar-refractivity contribution < 1.29 is 0 Å². The summed E-state index contributed by atoms with van der Waals surface area (Å²) in [4.78, 5) is 2.48. The van der Waals surface area contributed by atoms with E-state index < -0.39 is 0 Å². The van der Waals surface area contributed by atoms with Crippen molar-refractivity contribution in [3.8, 4) is 61.3 Å². The molecule has 0 N–H and O–H groups in total. The predicted octanol–water partition coefficient (Wildman–Crippen LogP) is 17.9. The van der Waals surface area contributed by atoms with Crippen LogP contribution < -0.4 is 4.90 Å². The number of nitrogens with zero attached hydrogens (tertiary/aromatic N) is 2. The lowest BCUT2D eigenvalue weighted by Gasteiger charge is -2.29. The minimum Gasteiger partial charge on any atom is -0.310 e. The molecule has 0 unspecified atom stereocenters. The summed E-state index contributed by atoms with van der Waals surface area (Å²) in [6.07, 6.45) is 0. The van der Waals surface area contributed by atoms with Gasteiger partial charge in [-0.15, -0.1) is 0 Å². The zero-order chi connectivity index (χ0) is 45.7. The van der Waals surface area contributed by atoms with E-state index in [9.17, 15) is 0 Å². The molecular formula is C66H50N2. The van der Waals surface area contributed by atoms with Gasteiger partial charge < -0.3 is 9.47 Å². The summed E-state index contributed by atoms with van der Waals surface area (Å²) in [5, 5.41) is 2.50. The van der Waals surface area contributed by atoms with Crippen LogP contribution in [0.4, 0.5) is 17.1 Å². The molecule has 0 spiro atoms. The zero-order valence-electron chi connectivity index (χ0n) is 38.8. The van der Waals surface area contributed by atoms with Gasteiger partial charge in [-0.3, -0.25) is 0 Å². The average Bonchev–Trinajstić information content (AvgIpc) is 3.94. The van der Waals surface area contributed by atoms with Gasteiger partial charge in [0, 0.05) is 44.2 Å². The summed E-state index contributed by atoms with van der Waals surface area (Å²) >= 11 is 0. The van der Waals surface area contributed by atoms with Crippen LogP contribution in [-0.2, 0) is 10.8 Å². The van der Waals surface area contributed by atoms with Crippen LogP contribution in [0, 0.1) is 0 Å². The zero-order valence-corrected chi connectivity index (χ0v) is 38.8. The van der Waals surface area contributed by atoms with Crippen LogP contribution in [0.3, 0.4) is 0 Å². The van der Waals surface area contributed by atoms with Gasteiger partial charge in [0.25, 0.3) is 0 Å². The highest BCUT2D eigenvalue weighted by atomic mass is 15.1. The lowest BCUT2D eigenvalue weighted by atomic mass is 9.81. The highest BCUT2D eigenvalue weighted by molar-refractivity contribution is 6.10. The van der Waals surface area contributed by atoms with Gasteiger partial charge in [-0.2, -0.15) is 0 Å². The molecule has 1 aromatic heterocycles. The van der Waals surface area contributed by atoms with Gasteiger partial charge in [-0.25, -0.2) is 0 Å². The molecule has 2 aliphatic carbocycles. The minimum atomic E-state index is -0.190. The Balaban J connectivity index is 0.949. The Labute approximate surface area is 399 Å². The molecule has 13 rings (SSSR count). The van der Waals surface area contributed by atoms with E-state index in [0.717, 1.165) is 11.4 Å². The summed E-state index contributed by atoms with van der Waals surface area (Å²) in [6, 6.07) is 85.5. The quantitative estimate of drug-likeness (QED) is 0.155. The Morgan fingerprint density at radius 3 is 1.60 bits per heavy atom. The van der Waals surface area contributed by atoms with Crippen LogP contribution in [0.2, 0.25) is 0 Å². The van der Waals surface area contributed by atoms with Crippen LogP contribution in [0.1, 0.15) is 49.9 Å². The van der Waals surface area contributed by atoms with Crippen LogP contribution in [0.15, 0.2) is 231 Å². The largest absolute Gasteiger partial charge is 0.310 e. The molecule has 324 valence electrons. The van der Waals surface area contributed by atoms with Crippen molar-refractivity contribution in [2.75, 3.05) is 4.90 Å². The van der Waals surface area contributed by atoms with Crippen molar-refractivity contribution in [1.29, 1.82) is 0 Å². The maximum Gasteiger partial charge on any atom is 0.0543 e. The van der Waals surface area contributed by atoms with E-state index >= 15 is 0 Å². The van der Waals surface area contributed by atoms with Gasteiger partial charge in [-0.05, 0) is 139 Å². The predicted molar refractivity (Wildman–Crippen MR) is 287 cm³/mol. The summed E-state index contributed by atoms with van der Waals surface area (Å²) in [7, 11) is 0. The summed E-state index contributed by atoms with van der Waals surface area (Å²) < 4.78 is 2.38. The second-order valence-electron chi connectivity index (χ2n) is 19.7. The summed E-state index contributed by atoms with van der Waals surface area (Å²) in [6.45, 7) is 9.49. The van der Waals surface area contributed by atoms with Gasteiger partial charge in [0.2, 0.25) is 0 Å². The van der Waals surface area contributed by atoms with Crippen LogP contribution in [-0.4, -0.2) is 4.57 Å². The Hall–Kier alpha value is -8.20. The van der Waals surface area contributed by atoms with Crippen molar-refractivity contribution in [3.63, 3.8) is 0 Å². The second kappa shape index (κ2) is 15.2. The first kappa shape index (κ1) is 40.1. The Morgan fingerprint density at radius 2 is 0.838 bits per heavy atom. The molecule has 1 heterocycles. The molecule has 2 aliphatic rings. The lowest BCUT2D eigenvalue weighted by molar-refractivity contribution is 0.660. The first-order valence-corrected chi connectivity index (χ1v) is 23.9. The molecule has 10 aromatic carbocycles. The monoisotopic (exact) mass is 870 g/mol. The van der Waals surface area contributed by atoms with Gasteiger partial charge in [0.15, 0.2) is 0 Å². The van der Waals surface area contributed by atoms with E-state index in [4.69, 9.17) is 0 Å². The number of rotatable bonds is 7. The van der Waals surface area contributed by atoms with E-state index in [0.29, 0.717) is 0 Å². The fourth-order valence-electron chi connectivity index (χ4n) is 11.8. The number of anilines is 3. The maximum atomic E-state index is 2.48. The fraction of sp³-hybridized carbons (Fsp3) is 0.0909. The third kappa shape index (κ3) is 6.03. The number of hydrogen-bond donors (Lipinski definition) is 0. The molecule has 0 atom stereocenters. The van der Waals surface area contributed by atoms with E-state index in [1.165, 1.54) is 111 Å². The molecule has 0 saturated heterocycles. The molecule has 68 heavy (non-hydrogen) atoms. The van der Waals surface area contributed by atoms with Crippen molar-refractivity contribution in [1.82, 2.24) is 4.57 Å². The molecule has 0 radical (unpaired) electrons. The number of para-hydroxylation sites is 2. The smallest absolute Gasteiger partial charge is 0.0543 e. The van der Waals surface area contributed by atoms with Crippen molar-refractivity contribution in [3.05, 3.63) is 253 Å². The Kier molecular flexibility index (Phi) is 8.95. The first-order chi connectivity index (χ1) is 33.3. The molecule has 2 heteroatoms. The van der Waals surface area contributed by atoms with Gasteiger partial charge in [0.1, 0.15) is 0 Å². The SMILES string of the molecule is CC1(C)c2ccccc2-c2c(-c3ccc(N(c4ccc(-c5ccc6c(c5)c5ccccc5n6-c5ccccc5)cc4)c4cccc5c4-c4ccc(-c6ccccc6)cc4C5(C)C)cc3)cccc21. The van der Waals surface area contributed by atoms with Crippen LogP contribution >= 0.6 is 0 Å². The topological polar surface area (TPSA) is 8.17 Å². The van der Waals surface area contributed by atoms with E-state index in [-0.39, 0.29) is 10.8 Å². The maximum absolute atomic E-state index is 2.48. The number of benzene rings is 10. The molecule has 0 amide bonds. The third-order valence-corrected chi connectivity index (χ3v) is 15.2. The summed E-state index contributed by atoms with van der Waals surface area (Å²) in [5.41, 5.74) is 24.9. The van der Waals surface area contributed by atoms with Crippen LogP contribution in [0.5, 0.6) is 0 Å². The second-order valence-corrected chi connectivity index (χ2v) is 19.7. The molecule has 0 fully saturated rings. The van der Waals surface area contributed by atoms with Crippen LogP contribution in [0.25, 0.3) is 83.1 Å². The average molecular weight is 871 g/mol. The molecule has 0 bridgehead atoms. The Morgan fingerprint density at radius 1 is 0.324 bits per heavy atom. The lowest BCUT2D eigenvalue weighted by Crippen LogP contribution is -2.16. The highest BCUT2D eigenvalue weighted by Gasteiger charge is 2.39. The van der Waals surface area contributed by atoms with Gasteiger partial charge in [0.05, 0.1) is 16.7 Å². The molecule has 0 saturated carbocycles. The highest BCUT2D eigenvalue weighted by Crippen LogP contribution is 2.56. The molecule has 2 nitrogen and oxygen atoms in total. The third-order valence-electron chi connectivity index (χ3n) is 15.2. The Bertz CT molecular complexity index is 3760. The van der Waals surface area contributed by atoms with Gasteiger partial charge in [-0.1, -0.05) is 191 Å². The first-order valence-electron chi connectivity index (χ1n) is 23.9. The van der Waals surface area contributed by atoms with E-state index in [1.54, 1.807) is 0 Å². The van der Waals surface area contributed by atoms with Crippen molar-refractivity contribution >= 4 is 38.9 Å². The summed E-state index contributed by atoms with van der Waals surface area (Å²) in [5.74, 6) is 0. The normalized spacial score (nSPS) is 13.8. The number of hydrogen-bond acceptors (Lipinski definition) is 1. The minimum absolute atomic E-state index is 0.0583. The van der Waals surface area contributed by atoms with E-state index in [2.05, 4.69) is 268 Å². The van der Waals surface area contributed by atoms with Gasteiger partial charge >= 0.3 is 0 Å². The fourth-order valence-corrected chi connectivity index (χ4v) is 11.8. The standard InChI is InChI=1S/C66H50N2/c1-65(2)56-24-13-11-22-53(56)63-51(23-15-25-57(63)65)45-31-37-50(38-32-45)67(62-28-16-26-58-64(62)54-39-33-47(42-59(54)66(58,3)4)43-17-7-5-8-18-43)49-35-29-44(30-36-49)46-34-40-61-55(41-46)52-21-12-14-27-60(52)68(61)48-19-9-6-10-20-48/h5-42H,1-4H3.